The quantitative estimate of drug-likeness (QED) is 0.434. The fourth-order valence-electron chi connectivity index (χ4n) is 3.85. The van der Waals surface area contributed by atoms with Gasteiger partial charge in [0.2, 0.25) is 0 Å². The molecule has 0 bridgehead atoms. The van der Waals surface area contributed by atoms with Gasteiger partial charge in [0.1, 0.15) is 6.67 Å². The average molecular weight is 380 g/mol. The van der Waals surface area contributed by atoms with Gasteiger partial charge < -0.3 is 9.80 Å². The maximum atomic E-state index is 4.99. The van der Waals surface area contributed by atoms with Crippen LogP contribution in [0.3, 0.4) is 0 Å². The van der Waals surface area contributed by atoms with Crippen LogP contribution in [0.5, 0.6) is 0 Å². The Morgan fingerprint density at radius 1 is 0.621 bits per heavy atom. The monoisotopic (exact) mass is 380 g/mol. The summed E-state index contributed by atoms with van der Waals surface area (Å²) < 4.78 is 0. The number of aromatic nitrogens is 2. The maximum Gasteiger partial charge on any atom is 0.179 e. The molecule has 1 aromatic heterocycles. The molecule has 29 heavy (non-hydrogen) atoms. The maximum absolute atomic E-state index is 4.99. The highest BCUT2D eigenvalue weighted by Crippen LogP contribution is 2.42. The number of rotatable bonds is 4. The average Bonchev–Trinajstić information content (AvgIpc) is 3.16. The number of anilines is 4. The van der Waals surface area contributed by atoms with E-state index in [1.54, 1.807) is 0 Å². The lowest BCUT2D eigenvalue weighted by atomic mass is 10.1. The zero-order valence-electron chi connectivity index (χ0n) is 16.8. The molecule has 0 spiro atoms. The lowest BCUT2D eigenvalue weighted by Gasteiger charge is -2.21. The highest BCUT2D eigenvalue weighted by molar-refractivity contribution is 5.88. The van der Waals surface area contributed by atoms with E-state index in [1.165, 1.54) is 11.1 Å². The Labute approximate surface area is 171 Å². The molecule has 0 N–H and O–H groups in total. The van der Waals surface area contributed by atoms with Gasteiger partial charge in [0.25, 0.3) is 0 Å². The van der Waals surface area contributed by atoms with Crippen LogP contribution in [0.4, 0.5) is 23.0 Å². The van der Waals surface area contributed by atoms with Crippen molar-refractivity contribution in [1.82, 2.24) is 9.97 Å². The zero-order valence-corrected chi connectivity index (χ0v) is 16.8. The van der Waals surface area contributed by atoms with Gasteiger partial charge >= 0.3 is 0 Å². The number of hydrogen-bond acceptors (Lipinski definition) is 4. The summed E-state index contributed by atoms with van der Waals surface area (Å²) in [6.45, 7) is 5.06. The van der Waals surface area contributed by atoms with Crippen LogP contribution in [0.15, 0.2) is 72.8 Å². The van der Waals surface area contributed by atoms with Gasteiger partial charge in [-0.15, -0.1) is 0 Å². The molecule has 5 rings (SSSR count). The molecule has 0 amide bonds. The highest BCUT2D eigenvalue weighted by atomic mass is 15.4. The first kappa shape index (κ1) is 17.7. The molecule has 0 atom stereocenters. The summed E-state index contributed by atoms with van der Waals surface area (Å²) in [5, 5.41) is 0. The van der Waals surface area contributed by atoms with E-state index in [9.17, 15) is 0 Å². The van der Waals surface area contributed by atoms with Crippen molar-refractivity contribution in [2.24, 2.45) is 0 Å². The Balaban J connectivity index is 1.63. The van der Waals surface area contributed by atoms with Gasteiger partial charge in [0, 0.05) is 11.4 Å². The predicted molar refractivity (Wildman–Crippen MR) is 120 cm³/mol. The van der Waals surface area contributed by atoms with Crippen molar-refractivity contribution in [2.45, 2.75) is 26.7 Å². The normalized spacial score (nSPS) is 13.2. The standard InChI is InChI=1S/C25H24N4/c1-3-18-9-13-20(14-10-18)28-17-29(21-15-11-19(4-2)12-16-21)25-24(28)26-22-7-5-6-8-23(22)27-25/h5-16H,3-4,17H2,1-2H3. The summed E-state index contributed by atoms with van der Waals surface area (Å²) in [7, 11) is 0. The van der Waals surface area contributed by atoms with Gasteiger partial charge in [0.05, 0.1) is 11.0 Å². The van der Waals surface area contributed by atoms with E-state index in [1.807, 2.05) is 24.3 Å². The van der Waals surface area contributed by atoms with Crippen LogP contribution in [0.1, 0.15) is 25.0 Å². The number of fused-ring (bicyclic) bond motifs is 2. The Morgan fingerprint density at radius 3 is 1.41 bits per heavy atom. The van der Waals surface area contributed by atoms with Crippen LogP contribution in [0, 0.1) is 0 Å². The summed E-state index contributed by atoms with van der Waals surface area (Å²) in [5.74, 6) is 1.82. The second-order valence-corrected chi connectivity index (χ2v) is 7.40. The third kappa shape index (κ3) is 3.11. The topological polar surface area (TPSA) is 32.3 Å². The van der Waals surface area contributed by atoms with Crippen LogP contribution < -0.4 is 9.80 Å². The summed E-state index contributed by atoms with van der Waals surface area (Å²) in [6.07, 6.45) is 2.08. The SMILES string of the molecule is CCc1ccc(N2CN(c3ccc(CC)cc3)c3nc4ccccc4nc32)cc1. The minimum absolute atomic E-state index is 0.697. The van der Waals surface area contributed by atoms with Crippen molar-refractivity contribution in [3.63, 3.8) is 0 Å². The summed E-state index contributed by atoms with van der Waals surface area (Å²) >= 11 is 0. The van der Waals surface area contributed by atoms with Crippen LogP contribution in [-0.4, -0.2) is 16.6 Å². The van der Waals surface area contributed by atoms with Crippen molar-refractivity contribution < 1.29 is 0 Å². The molecule has 0 unspecified atom stereocenters. The molecule has 3 aromatic carbocycles. The van der Waals surface area contributed by atoms with E-state index in [0.717, 1.165) is 46.9 Å². The molecule has 4 aromatic rings. The molecule has 1 aliphatic heterocycles. The predicted octanol–water partition coefficient (Wildman–Crippen LogP) is 6.00. The third-order valence-corrected chi connectivity index (χ3v) is 5.64. The van der Waals surface area contributed by atoms with Gasteiger partial charge in [0.15, 0.2) is 11.6 Å². The van der Waals surface area contributed by atoms with Crippen molar-refractivity contribution >= 4 is 34.0 Å². The van der Waals surface area contributed by atoms with Gasteiger partial charge in [-0.3, -0.25) is 0 Å². The van der Waals surface area contributed by atoms with E-state index in [-0.39, 0.29) is 0 Å². The lowest BCUT2D eigenvalue weighted by molar-refractivity contribution is 0.974. The van der Waals surface area contributed by atoms with Gasteiger partial charge in [-0.05, 0) is 60.4 Å². The summed E-state index contributed by atoms with van der Waals surface area (Å²) in [4.78, 5) is 14.5. The largest absolute Gasteiger partial charge is 0.305 e. The number of hydrogen-bond donors (Lipinski definition) is 0. The van der Waals surface area contributed by atoms with Gasteiger partial charge in [-0.2, -0.15) is 0 Å². The highest BCUT2D eigenvalue weighted by Gasteiger charge is 2.31. The fourth-order valence-corrected chi connectivity index (χ4v) is 3.85. The van der Waals surface area contributed by atoms with Crippen LogP contribution in [0.2, 0.25) is 0 Å². The first-order chi connectivity index (χ1) is 14.3. The fraction of sp³-hybridized carbons (Fsp3) is 0.200. The molecular formula is C25H24N4. The molecule has 0 aliphatic carbocycles. The van der Waals surface area contributed by atoms with E-state index in [2.05, 4.69) is 72.2 Å². The second-order valence-electron chi connectivity index (χ2n) is 7.40. The van der Waals surface area contributed by atoms with Crippen LogP contribution >= 0.6 is 0 Å². The van der Waals surface area contributed by atoms with Gasteiger partial charge in [-0.1, -0.05) is 50.2 Å². The van der Waals surface area contributed by atoms with Gasteiger partial charge in [-0.25, -0.2) is 9.97 Å². The minimum Gasteiger partial charge on any atom is -0.305 e. The molecular weight excluding hydrogens is 356 g/mol. The molecule has 0 fully saturated rings. The first-order valence-electron chi connectivity index (χ1n) is 10.3. The van der Waals surface area contributed by atoms with Crippen molar-refractivity contribution in [2.75, 3.05) is 16.5 Å². The number of benzene rings is 3. The number of aryl methyl sites for hydroxylation is 2. The second kappa shape index (κ2) is 7.21. The molecule has 144 valence electrons. The number of nitrogens with zero attached hydrogens (tertiary/aromatic N) is 4. The molecule has 2 heterocycles. The Kier molecular flexibility index (Phi) is 4.39. The molecule has 0 radical (unpaired) electrons. The number of para-hydroxylation sites is 2. The Morgan fingerprint density at radius 2 is 1.03 bits per heavy atom. The van der Waals surface area contributed by atoms with Crippen molar-refractivity contribution in [3.8, 4) is 0 Å². The summed E-state index contributed by atoms with van der Waals surface area (Å²) in [6, 6.07) is 25.6. The summed E-state index contributed by atoms with van der Waals surface area (Å²) in [5.41, 5.74) is 6.80. The lowest BCUT2D eigenvalue weighted by Crippen LogP contribution is -2.24. The molecule has 0 saturated carbocycles. The minimum atomic E-state index is 0.697. The molecule has 1 aliphatic rings. The van der Waals surface area contributed by atoms with Crippen molar-refractivity contribution in [1.29, 1.82) is 0 Å². The first-order valence-corrected chi connectivity index (χ1v) is 10.3. The Hall–Kier alpha value is -3.40. The molecule has 4 heteroatoms. The van der Waals surface area contributed by atoms with E-state index in [0.29, 0.717) is 6.67 Å². The van der Waals surface area contributed by atoms with E-state index < -0.39 is 0 Å². The third-order valence-electron chi connectivity index (χ3n) is 5.64. The molecule has 0 saturated heterocycles. The zero-order chi connectivity index (χ0) is 19.8. The van der Waals surface area contributed by atoms with Crippen molar-refractivity contribution in [3.05, 3.63) is 83.9 Å². The van der Waals surface area contributed by atoms with E-state index in [4.69, 9.17) is 9.97 Å². The molecule has 4 nitrogen and oxygen atoms in total. The van der Waals surface area contributed by atoms with E-state index >= 15 is 0 Å². The van der Waals surface area contributed by atoms with Crippen LogP contribution in [-0.2, 0) is 12.8 Å². The Bertz CT molecular complexity index is 1060. The van der Waals surface area contributed by atoms with Crippen LogP contribution in [0.25, 0.3) is 11.0 Å². The smallest absolute Gasteiger partial charge is 0.179 e.